The highest BCUT2D eigenvalue weighted by Crippen LogP contribution is 2.28. The van der Waals surface area contributed by atoms with Gasteiger partial charge in [0.15, 0.2) is 0 Å². The van der Waals surface area contributed by atoms with E-state index in [1.54, 1.807) is 13.2 Å². The molecule has 0 unspecified atom stereocenters. The fourth-order valence-electron chi connectivity index (χ4n) is 3.51. The van der Waals surface area contributed by atoms with Crippen LogP contribution in [0, 0.1) is 5.92 Å². The fourth-order valence-corrected chi connectivity index (χ4v) is 5.74. The van der Waals surface area contributed by atoms with Gasteiger partial charge in [0.1, 0.15) is 22.3 Å². The van der Waals surface area contributed by atoms with Crippen LogP contribution in [0.25, 0.3) is 10.6 Å². The zero-order valence-electron chi connectivity index (χ0n) is 17.5. The van der Waals surface area contributed by atoms with Crippen LogP contribution in [-0.4, -0.2) is 48.9 Å². The predicted octanol–water partition coefficient (Wildman–Crippen LogP) is 3.36. The zero-order valence-corrected chi connectivity index (χ0v) is 19.1. The molecular formula is C22H23N3O5S2. The van der Waals surface area contributed by atoms with Crippen LogP contribution in [-0.2, 0) is 26.2 Å². The number of piperidine rings is 1. The van der Waals surface area contributed by atoms with Gasteiger partial charge >= 0.3 is 5.97 Å². The van der Waals surface area contributed by atoms with Crippen LogP contribution in [0.1, 0.15) is 18.5 Å². The van der Waals surface area contributed by atoms with Gasteiger partial charge in [-0.1, -0.05) is 12.1 Å². The largest absolute Gasteiger partial charge is 0.497 e. The van der Waals surface area contributed by atoms with Gasteiger partial charge in [-0.25, -0.2) is 13.4 Å². The Morgan fingerprint density at radius 2 is 2.03 bits per heavy atom. The summed E-state index contributed by atoms with van der Waals surface area (Å²) in [6.45, 7) is 0.634. The first-order chi connectivity index (χ1) is 15.5. The number of esters is 1. The maximum Gasteiger partial charge on any atom is 0.309 e. The Labute approximate surface area is 190 Å². The lowest BCUT2D eigenvalue weighted by atomic mass is 9.98. The second-order valence-electron chi connectivity index (χ2n) is 7.35. The van der Waals surface area contributed by atoms with Crippen molar-refractivity contribution in [3.63, 3.8) is 0 Å². The van der Waals surface area contributed by atoms with Gasteiger partial charge < -0.3 is 9.47 Å². The van der Waals surface area contributed by atoms with Gasteiger partial charge in [0.25, 0.3) is 0 Å². The van der Waals surface area contributed by atoms with Gasteiger partial charge in [0, 0.05) is 36.4 Å². The van der Waals surface area contributed by atoms with Crippen LogP contribution >= 0.6 is 11.3 Å². The van der Waals surface area contributed by atoms with Gasteiger partial charge in [-0.2, -0.15) is 4.31 Å². The maximum atomic E-state index is 12.7. The van der Waals surface area contributed by atoms with E-state index in [0.717, 1.165) is 16.3 Å². The minimum Gasteiger partial charge on any atom is -0.497 e. The van der Waals surface area contributed by atoms with E-state index < -0.39 is 10.0 Å². The number of rotatable bonds is 7. The lowest BCUT2D eigenvalue weighted by Crippen LogP contribution is -2.40. The van der Waals surface area contributed by atoms with Gasteiger partial charge in [0.2, 0.25) is 10.0 Å². The number of methoxy groups -OCH3 is 1. The van der Waals surface area contributed by atoms with E-state index in [-0.39, 0.29) is 36.5 Å². The summed E-state index contributed by atoms with van der Waals surface area (Å²) in [5.74, 6) is 0.105. The Morgan fingerprint density at radius 1 is 1.22 bits per heavy atom. The Balaban J connectivity index is 1.30. The standard InChI is InChI=1S/C22H23N3O5S2/c1-29-19-5-2-4-17(12-19)21-24-18(15-31-21)14-30-22(26)16-7-10-25(11-8-16)32(27,28)20-6-3-9-23-13-20/h2-6,9,12-13,15-16H,7-8,10-11,14H2,1H3. The molecule has 1 aliphatic heterocycles. The molecule has 0 N–H and O–H groups in total. The molecule has 2 aromatic heterocycles. The molecule has 3 heterocycles. The highest BCUT2D eigenvalue weighted by atomic mass is 32.2. The number of pyridine rings is 1. The molecule has 0 bridgehead atoms. The molecule has 168 valence electrons. The second-order valence-corrected chi connectivity index (χ2v) is 10.1. The molecule has 4 rings (SSSR count). The van der Waals surface area contributed by atoms with E-state index in [0.29, 0.717) is 18.5 Å². The van der Waals surface area contributed by atoms with Crippen molar-refractivity contribution in [2.75, 3.05) is 20.2 Å². The van der Waals surface area contributed by atoms with Crippen molar-refractivity contribution in [3.05, 3.63) is 59.9 Å². The first-order valence-electron chi connectivity index (χ1n) is 10.1. The molecule has 1 aliphatic rings. The Bertz CT molecular complexity index is 1170. The molecule has 3 aromatic rings. The molecule has 1 fully saturated rings. The van der Waals surface area contributed by atoms with Gasteiger partial charge in [0.05, 0.1) is 18.7 Å². The van der Waals surface area contributed by atoms with Crippen molar-refractivity contribution < 1.29 is 22.7 Å². The summed E-state index contributed by atoms with van der Waals surface area (Å²) in [7, 11) is -1.98. The molecular weight excluding hydrogens is 450 g/mol. The molecule has 32 heavy (non-hydrogen) atoms. The third kappa shape index (κ3) is 4.98. The predicted molar refractivity (Wildman–Crippen MR) is 120 cm³/mol. The summed E-state index contributed by atoms with van der Waals surface area (Å²) in [4.78, 5) is 21.1. The summed E-state index contributed by atoms with van der Waals surface area (Å²) in [6.07, 6.45) is 3.71. The number of carbonyl (C=O) groups excluding carboxylic acids is 1. The molecule has 0 atom stereocenters. The minimum atomic E-state index is -3.59. The van der Waals surface area contributed by atoms with E-state index in [4.69, 9.17) is 9.47 Å². The highest BCUT2D eigenvalue weighted by Gasteiger charge is 2.33. The monoisotopic (exact) mass is 473 g/mol. The van der Waals surface area contributed by atoms with Crippen LogP contribution in [0.5, 0.6) is 5.75 Å². The number of thiazole rings is 1. The van der Waals surface area contributed by atoms with Crippen molar-refractivity contribution in [3.8, 4) is 16.3 Å². The third-order valence-corrected chi connectivity index (χ3v) is 8.11. The van der Waals surface area contributed by atoms with Crippen LogP contribution in [0.3, 0.4) is 0 Å². The molecule has 0 aliphatic carbocycles. The van der Waals surface area contributed by atoms with Gasteiger partial charge in [-0.3, -0.25) is 9.78 Å². The number of ether oxygens (including phenoxy) is 2. The smallest absolute Gasteiger partial charge is 0.309 e. The average molecular weight is 474 g/mol. The number of carbonyl (C=O) groups is 1. The highest BCUT2D eigenvalue weighted by molar-refractivity contribution is 7.89. The molecule has 1 aromatic carbocycles. The summed E-state index contributed by atoms with van der Waals surface area (Å²) in [5.41, 5.74) is 1.62. The fraction of sp³-hybridized carbons (Fsp3) is 0.318. The first kappa shape index (κ1) is 22.4. The van der Waals surface area contributed by atoms with Gasteiger partial charge in [-0.15, -0.1) is 11.3 Å². The molecule has 10 heteroatoms. The number of sulfonamides is 1. The summed E-state index contributed by atoms with van der Waals surface area (Å²) in [5, 5.41) is 2.69. The first-order valence-corrected chi connectivity index (χ1v) is 12.4. The van der Waals surface area contributed by atoms with Crippen LogP contribution in [0.15, 0.2) is 59.1 Å². The SMILES string of the molecule is COc1cccc(-c2nc(COC(=O)C3CCN(S(=O)(=O)c4cccnc4)CC3)cs2)c1. The molecule has 0 spiro atoms. The van der Waals surface area contributed by atoms with E-state index >= 15 is 0 Å². The van der Waals surface area contributed by atoms with E-state index in [9.17, 15) is 13.2 Å². The van der Waals surface area contributed by atoms with Crippen molar-refractivity contribution >= 4 is 27.3 Å². The van der Waals surface area contributed by atoms with E-state index in [1.165, 1.54) is 34.1 Å². The number of hydrogen-bond acceptors (Lipinski definition) is 8. The molecule has 1 saturated heterocycles. The van der Waals surface area contributed by atoms with Crippen molar-refractivity contribution in [1.29, 1.82) is 0 Å². The second kappa shape index (κ2) is 9.76. The van der Waals surface area contributed by atoms with E-state index in [2.05, 4.69) is 9.97 Å². The normalized spacial score (nSPS) is 15.4. The number of aromatic nitrogens is 2. The van der Waals surface area contributed by atoms with Crippen LogP contribution in [0.2, 0.25) is 0 Å². The summed E-state index contributed by atoms with van der Waals surface area (Å²) < 4.78 is 37.5. The third-order valence-electron chi connectivity index (χ3n) is 5.29. The average Bonchev–Trinajstić information content (AvgIpc) is 3.32. The molecule has 0 amide bonds. The van der Waals surface area contributed by atoms with E-state index in [1.807, 2.05) is 29.6 Å². The van der Waals surface area contributed by atoms with Crippen LogP contribution in [0.4, 0.5) is 0 Å². The van der Waals surface area contributed by atoms with Crippen molar-refractivity contribution in [1.82, 2.24) is 14.3 Å². The van der Waals surface area contributed by atoms with Crippen LogP contribution < -0.4 is 4.74 Å². The molecule has 0 radical (unpaired) electrons. The molecule has 0 saturated carbocycles. The zero-order chi connectivity index (χ0) is 22.6. The Hall–Kier alpha value is -2.82. The number of benzene rings is 1. The molecule has 8 nitrogen and oxygen atoms in total. The maximum absolute atomic E-state index is 12.7. The quantitative estimate of drug-likeness (QED) is 0.485. The van der Waals surface area contributed by atoms with Crippen molar-refractivity contribution in [2.45, 2.75) is 24.3 Å². The lowest BCUT2D eigenvalue weighted by molar-refractivity contribution is -0.151. The lowest BCUT2D eigenvalue weighted by Gasteiger charge is -2.29. The number of nitrogens with zero attached hydrogens (tertiary/aromatic N) is 3. The Morgan fingerprint density at radius 3 is 2.75 bits per heavy atom. The summed E-state index contributed by atoms with van der Waals surface area (Å²) >= 11 is 1.47. The minimum absolute atomic E-state index is 0.0908. The Kier molecular flexibility index (Phi) is 6.83. The summed E-state index contributed by atoms with van der Waals surface area (Å²) in [6, 6.07) is 10.7. The topological polar surface area (TPSA) is 98.7 Å². The van der Waals surface area contributed by atoms with Crippen molar-refractivity contribution in [2.24, 2.45) is 5.92 Å². The van der Waals surface area contributed by atoms with Gasteiger partial charge in [-0.05, 0) is 37.1 Å². The number of hydrogen-bond donors (Lipinski definition) is 0.